The molecule has 11 heteroatoms. The summed E-state index contributed by atoms with van der Waals surface area (Å²) in [5, 5.41) is 0. The molecule has 0 saturated carbocycles. The smallest absolute Gasteiger partial charge is 0.894 e. The van der Waals surface area contributed by atoms with Crippen molar-refractivity contribution in [2.45, 2.75) is 27.7 Å². The van der Waals surface area contributed by atoms with Crippen LogP contribution in [0.1, 0.15) is 27.7 Å². The fourth-order valence-electron chi connectivity index (χ4n) is 0.957. The van der Waals surface area contributed by atoms with Crippen LogP contribution < -0.4 is 19.2 Å². The summed E-state index contributed by atoms with van der Waals surface area (Å²) in [5.74, 6) is 0. The Bertz CT molecular complexity index is 157. The molecule has 0 aliphatic rings. The SMILES string of the molecule is CCO[Si](OCC)(OCC)OCC.[O-][Si]([O-])([O-])[O-].[P+4]. The molecular weight excluding hydrogens is 311 g/mol. The zero-order valence-electron chi connectivity index (χ0n) is 11.5. The van der Waals surface area contributed by atoms with E-state index in [-0.39, 0.29) is 9.90 Å². The molecule has 0 aromatic rings. The van der Waals surface area contributed by atoms with Gasteiger partial charge in [-0.05, 0) is 27.7 Å². The molecule has 0 fully saturated rings. The average Bonchev–Trinajstić information content (AvgIpc) is 2.16. The van der Waals surface area contributed by atoms with E-state index in [4.69, 9.17) is 36.9 Å². The third kappa shape index (κ3) is 18.5. The second kappa shape index (κ2) is 13.5. The van der Waals surface area contributed by atoms with Crippen LogP contribution in [0.25, 0.3) is 0 Å². The molecule has 0 aromatic heterocycles. The van der Waals surface area contributed by atoms with Crippen molar-refractivity contribution in [1.82, 2.24) is 0 Å². The van der Waals surface area contributed by atoms with E-state index in [1.165, 1.54) is 0 Å². The molecule has 8 nitrogen and oxygen atoms in total. The summed E-state index contributed by atoms with van der Waals surface area (Å²) in [5.41, 5.74) is 0. The van der Waals surface area contributed by atoms with Gasteiger partial charge in [0.25, 0.3) is 0 Å². The van der Waals surface area contributed by atoms with Gasteiger partial charge in [0.05, 0.1) is 0 Å². The van der Waals surface area contributed by atoms with Crippen LogP contribution in [0.5, 0.6) is 0 Å². The monoisotopic (exact) mass is 331 g/mol. The normalized spacial score (nSPS) is 11.4. The Hall–Kier alpha value is 0.544. The molecule has 0 atom stereocenters. The maximum absolute atomic E-state index is 8.58. The summed E-state index contributed by atoms with van der Waals surface area (Å²) in [6.45, 7) is 9.80. The largest absolute Gasteiger partial charge is 4.00 e. The van der Waals surface area contributed by atoms with Gasteiger partial charge in [0, 0.05) is 26.4 Å². The summed E-state index contributed by atoms with van der Waals surface area (Å²) >= 11 is 0. The molecule has 1 radical (unpaired) electrons. The number of hydrogen-bond donors (Lipinski definition) is 0. The first-order valence-electron chi connectivity index (χ1n) is 5.62. The molecule has 0 spiro atoms. The Balaban J connectivity index is -0.000000366. The maximum atomic E-state index is 8.58. The molecular formula is C8H20O8PSi2. The van der Waals surface area contributed by atoms with E-state index in [1.807, 2.05) is 27.7 Å². The van der Waals surface area contributed by atoms with Gasteiger partial charge in [-0.3, -0.25) is 0 Å². The molecule has 0 N–H and O–H groups in total. The molecule has 0 aliphatic carbocycles. The van der Waals surface area contributed by atoms with E-state index < -0.39 is 18.1 Å². The average molecular weight is 331 g/mol. The first-order valence-corrected chi connectivity index (χ1v) is 8.88. The van der Waals surface area contributed by atoms with Crippen molar-refractivity contribution >= 4 is 28.0 Å². The summed E-state index contributed by atoms with van der Waals surface area (Å²) in [4.78, 5) is 34.3. The van der Waals surface area contributed by atoms with Gasteiger partial charge in [-0.25, -0.2) is 0 Å². The Morgan fingerprint density at radius 1 is 0.632 bits per heavy atom. The van der Waals surface area contributed by atoms with Gasteiger partial charge < -0.3 is 45.9 Å². The van der Waals surface area contributed by atoms with E-state index in [0.717, 1.165) is 0 Å². The van der Waals surface area contributed by atoms with Gasteiger partial charge >= 0.3 is 18.9 Å². The minimum atomic E-state index is -5.61. The molecule has 19 heavy (non-hydrogen) atoms. The van der Waals surface area contributed by atoms with Crippen molar-refractivity contribution < 1.29 is 36.9 Å². The zero-order valence-corrected chi connectivity index (χ0v) is 14.4. The van der Waals surface area contributed by atoms with E-state index in [9.17, 15) is 0 Å². The summed E-state index contributed by atoms with van der Waals surface area (Å²) in [6, 6.07) is 0. The van der Waals surface area contributed by atoms with Crippen LogP contribution in [0.4, 0.5) is 0 Å². The quantitative estimate of drug-likeness (QED) is 0.347. The molecule has 0 saturated heterocycles. The standard InChI is InChI=1S/C8H20O4Si.O4Si.P/c1-5-9-13(10-6-2,11-7-3)12-8-4;1-5(2,3)4;/h5-8H2,1-4H3;;/q;-4;+4. The Labute approximate surface area is 119 Å². The number of rotatable bonds is 8. The topological polar surface area (TPSA) is 129 Å². The van der Waals surface area contributed by atoms with Crippen LogP contribution in [-0.2, 0) is 17.7 Å². The van der Waals surface area contributed by atoms with Crippen LogP contribution in [0.3, 0.4) is 0 Å². The van der Waals surface area contributed by atoms with Crippen LogP contribution in [0.2, 0.25) is 0 Å². The third-order valence-corrected chi connectivity index (χ3v) is 3.85. The van der Waals surface area contributed by atoms with Crippen molar-refractivity contribution in [3.8, 4) is 0 Å². The predicted molar refractivity (Wildman–Crippen MR) is 64.9 cm³/mol. The third-order valence-electron chi connectivity index (χ3n) is 1.28. The fraction of sp³-hybridized carbons (Fsp3) is 1.00. The zero-order chi connectivity index (χ0) is 14.7. The summed E-state index contributed by atoms with van der Waals surface area (Å²) < 4.78 is 21.7. The van der Waals surface area contributed by atoms with Crippen molar-refractivity contribution in [1.29, 1.82) is 0 Å². The van der Waals surface area contributed by atoms with Gasteiger partial charge in [-0.15, -0.1) is 0 Å². The molecule has 0 unspecified atom stereocenters. The second-order valence-corrected chi connectivity index (χ2v) is 5.89. The van der Waals surface area contributed by atoms with Crippen LogP contribution in [0, 0.1) is 0 Å². The Morgan fingerprint density at radius 2 is 0.789 bits per heavy atom. The van der Waals surface area contributed by atoms with Gasteiger partial charge in [0.2, 0.25) is 0 Å². The van der Waals surface area contributed by atoms with Crippen LogP contribution >= 0.6 is 9.90 Å². The van der Waals surface area contributed by atoms with E-state index in [1.54, 1.807) is 0 Å². The van der Waals surface area contributed by atoms with E-state index >= 15 is 0 Å². The minimum Gasteiger partial charge on any atom is -0.894 e. The van der Waals surface area contributed by atoms with Gasteiger partial charge in [0.1, 0.15) is 0 Å². The van der Waals surface area contributed by atoms with Gasteiger partial charge in [0.15, 0.2) is 0 Å². The first-order chi connectivity index (χ1) is 8.24. The fourth-order valence-corrected chi connectivity index (χ4v) is 2.87. The Kier molecular flexibility index (Phi) is 17.5. The van der Waals surface area contributed by atoms with Crippen molar-refractivity contribution in [3.63, 3.8) is 0 Å². The van der Waals surface area contributed by atoms with E-state index in [2.05, 4.69) is 0 Å². The van der Waals surface area contributed by atoms with Crippen molar-refractivity contribution in [2.75, 3.05) is 26.4 Å². The van der Waals surface area contributed by atoms with Gasteiger partial charge in [-0.1, -0.05) is 0 Å². The Morgan fingerprint density at radius 3 is 0.895 bits per heavy atom. The summed E-state index contributed by atoms with van der Waals surface area (Å²) in [6.07, 6.45) is 0. The first kappa shape index (κ1) is 24.6. The number of hydrogen-bond acceptors (Lipinski definition) is 8. The molecule has 0 bridgehead atoms. The van der Waals surface area contributed by atoms with Crippen LogP contribution in [-0.4, -0.2) is 44.5 Å². The van der Waals surface area contributed by atoms with Crippen LogP contribution in [0.15, 0.2) is 0 Å². The molecule has 113 valence electrons. The molecule has 0 amide bonds. The minimum absolute atomic E-state index is 0. The van der Waals surface area contributed by atoms with E-state index in [0.29, 0.717) is 26.4 Å². The second-order valence-electron chi connectivity index (χ2n) is 2.73. The predicted octanol–water partition coefficient (Wildman–Crippen LogP) is -2.71. The van der Waals surface area contributed by atoms with Crippen molar-refractivity contribution in [3.05, 3.63) is 0 Å². The molecule has 0 heterocycles. The summed E-state index contributed by atoms with van der Waals surface area (Å²) in [7, 11) is -8.41. The molecule has 0 rings (SSSR count). The molecule has 0 aromatic carbocycles. The molecule has 0 aliphatic heterocycles. The maximum Gasteiger partial charge on any atom is 4.00 e. The van der Waals surface area contributed by atoms with Crippen molar-refractivity contribution in [2.24, 2.45) is 0 Å². The van der Waals surface area contributed by atoms with Gasteiger partial charge in [-0.2, -0.15) is 0 Å².